The predicted octanol–water partition coefficient (Wildman–Crippen LogP) is 4.73. The molecular formula is C18H17Cl2N5O. The zero-order valence-electron chi connectivity index (χ0n) is 14.0. The Morgan fingerprint density at radius 3 is 2.46 bits per heavy atom. The highest BCUT2D eigenvalue weighted by atomic mass is 35.5. The summed E-state index contributed by atoms with van der Waals surface area (Å²) in [6, 6.07) is 12.9. The third kappa shape index (κ3) is 4.28. The smallest absolute Gasteiger partial charge is 0.159 e. The molecule has 4 N–H and O–H groups in total. The summed E-state index contributed by atoms with van der Waals surface area (Å²) in [6.07, 6.45) is 1.43. The van der Waals surface area contributed by atoms with Crippen molar-refractivity contribution in [1.29, 1.82) is 0 Å². The van der Waals surface area contributed by atoms with Crippen LogP contribution in [0.2, 0.25) is 10.0 Å². The van der Waals surface area contributed by atoms with E-state index in [1.165, 1.54) is 6.33 Å². The number of nitrogens with two attached hydrogens (primary N) is 1. The van der Waals surface area contributed by atoms with Crippen molar-refractivity contribution < 1.29 is 4.74 Å². The lowest BCUT2D eigenvalue weighted by Gasteiger charge is -2.13. The molecule has 0 amide bonds. The quantitative estimate of drug-likeness (QED) is 0.564. The van der Waals surface area contributed by atoms with E-state index in [9.17, 15) is 0 Å². The maximum Gasteiger partial charge on any atom is 0.159 e. The van der Waals surface area contributed by atoms with E-state index in [-0.39, 0.29) is 0 Å². The second-order valence-corrected chi connectivity index (χ2v) is 6.28. The standard InChI is InChI=1S/C18H17Cl2N5O/c1-26-13-5-2-11(3-6-13)9-22-17-16(21)18(24-10-23-17)25-15-7-4-12(19)8-14(15)20/h2-8,10H,9,21H2,1H3,(H2,22,23,24,25). The first-order valence-corrected chi connectivity index (χ1v) is 8.52. The Morgan fingerprint density at radius 1 is 1.04 bits per heavy atom. The molecule has 134 valence electrons. The normalized spacial score (nSPS) is 10.4. The Labute approximate surface area is 161 Å². The summed E-state index contributed by atoms with van der Waals surface area (Å²) >= 11 is 12.1. The van der Waals surface area contributed by atoms with E-state index in [0.717, 1.165) is 11.3 Å². The summed E-state index contributed by atoms with van der Waals surface area (Å²) in [7, 11) is 1.64. The molecule has 0 bridgehead atoms. The molecule has 0 saturated carbocycles. The van der Waals surface area contributed by atoms with Crippen molar-refractivity contribution in [2.24, 2.45) is 0 Å². The molecule has 0 fully saturated rings. The highest BCUT2D eigenvalue weighted by Crippen LogP contribution is 2.31. The number of methoxy groups -OCH3 is 1. The molecule has 6 nitrogen and oxygen atoms in total. The second-order valence-electron chi connectivity index (χ2n) is 5.44. The van der Waals surface area contributed by atoms with Gasteiger partial charge in [0.15, 0.2) is 11.6 Å². The molecular weight excluding hydrogens is 373 g/mol. The Kier molecular flexibility index (Phi) is 5.65. The van der Waals surface area contributed by atoms with Crippen molar-refractivity contribution in [2.45, 2.75) is 6.54 Å². The number of hydrogen-bond donors (Lipinski definition) is 3. The van der Waals surface area contributed by atoms with E-state index in [1.54, 1.807) is 25.3 Å². The summed E-state index contributed by atoms with van der Waals surface area (Å²) in [5.74, 6) is 1.80. The van der Waals surface area contributed by atoms with Gasteiger partial charge >= 0.3 is 0 Å². The van der Waals surface area contributed by atoms with E-state index < -0.39 is 0 Å². The summed E-state index contributed by atoms with van der Waals surface area (Å²) < 4.78 is 5.15. The summed E-state index contributed by atoms with van der Waals surface area (Å²) in [5.41, 5.74) is 8.30. The van der Waals surface area contributed by atoms with Crippen LogP contribution in [0.1, 0.15) is 5.56 Å². The van der Waals surface area contributed by atoms with Crippen LogP contribution in [-0.2, 0) is 6.54 Å². The predicted molar refractivity (Wildman–Crippen MR) is 107 cm³/mol. The molecule has 3 rings (SSSR count). The average molecular weight is 390 g/mol. The molecule has 3 aromatic rings. The van der Waals surface area contributed by atoms with E-state index in [0.29, 0.717) is 39.6 Å². The lowest BCUT2D eigenvalue weighted by Crippen LogP contribution is -2.08. The van der Waals surface area contributed by atoms with Crippen LogP contribution in [0.3, 0.4) is 0 Å². The van der Waals surface area contributed by atoms with Crippen LogP contribution in [-0.4, -0.2) is 17.1 Å². The van der Waals surface area contributed by atoms with Gasteiger partial charge < -0.3 is 21.1 Å². The molecule has 26 heavy (non-hydrogen) atoms. The molecule has 1 heterocycles. The molecule has 0 saturated heterocycles. The fourth-order valence-electron chi connectivity index (χ4n) is 2.28. The van der Waals surface area contributed by atoms with Gasteiger partial charge in [-0.1, -0.05) is 35.3 Å². The largest absolute Gasteiger partial charge is 0.497 e. The average Bonchev–Trinajstić information content (AvgIpc) is 2.65. The van der Waals surface area contributed by atoms with Gasteiger partial charge in [-0.25, -0.2) is 9.97 Å². The number of nitrogens with one attached hydrogen (secondary N) is 2. The number of nitrogen functional groups attached to an aromatic ring is 1. The molecule has 0 radical (unpaired) electrons. The number of aromatic nitrogens is 2. The van der Waals surface area contributed by atoms with Gasteiger partial charge in [-0.05, 0) is 35.9 Å². The molecule has 8 heteroatoms. The first-order valence-electron chi connectivity index (χ1n) is 7.76. The van der Waals surface area contributed by atoms with Gasteiger partial charge in [-0.2, -0.15) is 0 Å². The zero-order valence-corrected chi connectivity index (χ0v) is 15.5. The Morgan fingerprint density at radius 2 is 1.77 bits per heavy atom. The summed E-state index contributed by atoms with van der Waals surface area (Å²) in [4.78, 5) is 8.38. The topological polar surface area (TPSA) is 85.1 Å². The van der Waals surface area contributed by atoms with Crippen LogP contribution in [0.5, 0.6) is 5.75 Å². The lowest BCUT2D eigenvalue weighted by atomic mass is 10.2. The first kappa shape index (κ1) is 18.1. The van der Waals surface area contributed by atoms with E-state index in [2.05, 4.69) is 20.6 Å². The second kappa shape index (κ2) is 8.12. The van der Waals surface area contributed by atoms with Crippen LogP contribution < -0.4 is 21.1 Å². The maximum atomic E-state index is 6.18. The van der Waals surface area contributed by atoms with Crippen LogP contribution in [0.25, 0.3) is 0 Å². The van der Waals surface area contributed by atoms with Crippen LogP contribution in [0.4, 0.5) is 23.0 Å². The summed E-state index contributed by atoms with van der Waals surface area (Å²) in [5, 5.41) is 7.33. The van der Waals surface area contributed by atoms with Gasteiger partial charge in [0.1, 0.15) is 17.8 Å². The van der Waals surface area contributed by atoms with E-state index in [4.69, 9.17) is 33.7 Å². The van der Waals surface area contributed by atoms with Crippen molar-refractivity contribution in [3.05, 3.63) is 64.4 Å². The van der Waals surface area contributed by atoms with Crippen LogP contribution in [0.15, 0.2) is 48.8 Å². The molecule has 2 aromatic carbocycles. The van der Waals surface area contributed by atoms with Crippen LogP contribution in [0, 0.1) is 0 Å². The number of nitrogens with zero attached hydrogens (tertiary/aromatic N) is 2. The van der Waals surface area contributed by atoms with E-state index >= 15 is 0 Å². The Bertz CT molecular complexity index is 903. The first-order chi connectivity index (χ1) is 12.6. The number of rotatable bonds is 6. The molecule has 0 aliphatic rings. The fraction of sp³-hybridized carbons (Fsp3) is 0.111. The molecule has 0 aliphatic heterocycles. The molecule has 1 aromatic heterocycles. The van der Waals surface area contributed by atoms with Gasteiger partial charge in [-0.3, -0.25) is 0 Å². The highest BCUT2D eigenvalue weighted by Gasteiger charge is 2.10. The molecule has 0 atom stereocenters. The van der Waals surface area contributed by atoms with Crippen molar-refractivity contribution in [2.75, 3.05) is 23.5 Å². The Hall–Kier alpha value is -2.70. The van der Waals surface area contributed by atoms with Gasteiger partial charge in [0.05, 0.1) is 17.8 Å². The maximum absolute atomic E-state index is 6.18. The van der Waals surface area contributed by atoms with Gasteiger partial charge in [0, 0.05) is 11.6 Å². The number of anilines is 4. The fourth-order valence-corrected chi connectivity index (χ4v) is 2.74. The third-order valence-corrected chi connectivity index (χ3v) is 4.23. The monoisotopic (exact) mass is 389 g/mol. The summed E-state index contributed by atoms with van der Waals surface area (Å²) in [6.45, 7) is 0.562. The molecule has 0 aliphatic carbocycles. The minimum absolute atomic E-state index is 0.395. The number of hydrogen-bond acceptors (Lipinski definition) is 6. The number of benzene rings is 2. The lowest BCUT2D eigenvalue weighted by molar-refractivity contribution is 0.414. The highest BCUT2D eigenvalue weighted by molar-refractivity contribution is 6.36. The zero-order chi connectivity index (χ0) is 18.5. The third-order valence-electron chi connectivity index (χ3n) is 3.69. The minimum atomic E-state index is 0.395. The van der Waals surface area contributed by atoms with Crippen molar-refractivity contribution >= 4 is 46.2 Å². The van der Waals surface area contributed by atoms with Gasteiger partial charge in [0.25, 0.3) is 0 Å². The molecule has 0 spiro atoms. The van der Waals surface area contributed by atoms with Crippen molar-refractivity contribution in [1.82, 2.24) is 9.97 Å². The molecule has 0 unspecified atom stereocenters. The van der Waals surface area contributed by atoms with Gasteiger partial charge in [0.2, 0.25) is 0 Å². The van der Waals surface area contributed by atoms with Crippen molar-refractivity contribution in [3.63, 3.8) is 0 Å². The van der Waals surface area contributed by atoms with E-state index in [1.807, 2.05) is 24.3 Å². The van der Waals surface area contributed by atoms with Crippen LogP contribution >= 0.6 is 23.2 Å². The number of ether oxygens (including phenoxy) is 1. The SMILES string of the molecule is COc1ccc(CNc2ncnc(Nc3ccc(Cl)cc3Cl)c2N)cc1. The van der Waals surface area contributed by atoms with Crippen molar-refractivity contribution in [3.8, 4) is 5.75 Å². The number of halogens is 2. The minimum Gasteiger partial charge on any atom is -0.497 e. The Balaban J connectivity index is 1.73. The van der Waals surface area contributed by atoms with Gasteiger partial charge in [-0.15, -0.1) is 0 Å².